The van der Waals surface area contributed by atoms with Gasteiger partial charge in [0.25, 0.3) is 0 Å². The van der Waals surface area contributed by atoms with Gasteiger partial charge in [-0.2, -0.15) is 0 Å². The van der Waals surface area contributed by atoms with Crippen molar-refractivity contribution in [2.45, 2.75) is 6.92 Å². The van der Waals surface area contributed by atoms with Crippen LogP contribution in [0.25, 0.3) is 10.9 Å². The van der Waals surface area contributed by atoms with Crippen LogP contribution in [0, 0.1) is 6.92 Å². The van der Waals surface area contributed by atoms with Gasteiger partial charge in [0.05, 0.1) is 5.52 Å². The maximum absolute atomic E-state index is 9.52. The molecule has 0 aliphatic rings. The van der Waals surface area contributed by atoms with Crippen LogP contribution >= 0.6 is 15.9 Å². The molecule has 0 radical (unpaired) electrons. The molecule has 0 bridgehead atoms. The van der Waals surface area contributed by atoms with Crippen molar-refractivity contribution >= 4 is 26.8 Å². The Bertz CT molecular complexity index is 433. The third kappa shape index (κ3) is 0.932. The van der Waals surface area contributed by atoms with Crippen molar-refractivity contribution in [3.8, 4) is 5.75 Å². The lowest BCUT2D eigenvalue weighted by molar-refractivity contribution is 0.481. The molecule has 12 heavy (non-hydrogen) atoms. The van der Waals surface area contributed by atoms with Crippen LogP contribution in [0.1, 0.15) is 5.56 Å². The summed E-state index contributed by atoms with van der Waals surface area (Å²) in [5, 5.41) is 10.4. The van der Waals surface area contributed by atoms with E-state index in [0.717, 1.165) is 20.9 Å². The monoisotopic (exact) mass is 225 g/mol. The van der Waals surface area contributed by atoms with Crippen molar-refractivity contribution in [2.24, 2.45) is 0 Å². The number of phenols is 1. The number of rotatable bonds is 0. The Kier molecular flexibility index (Phi) is 1.61. The Morgan fingerprint density at radius 2 is 2.17 bits per heavy atom. The lowest BCUT2D eigenvalue weighted by atomic mass is 10.2. The molecule has 2 rings (SSSR count). The summed E-state index contributed by atoms with van der Waals surface area (Å²) in [7, 11) is 0. The van der Waals surface area contributed by atoms with E-state index in [0.29, 0.717) is 5.75 Å². The number of nitrogens with one attached hydrogen (secondary N) is 1. The highest BCUT2D eigenvalue weighted by Gasteiger charge is 2.06. The molecule has 3 heteroatoms. The molecule has 0 atom stereocenters. The smallest absolute Gasteiger partial charge is 0.125 e. The molecule has 2 nitrogen and oxygen atoms in total. The minimum atomic E-state index is 0.326. The van der Waals surface area contributed by atoms with Gasteiger partial charge >= 0.3 is 0 Å². The Morgan fingerprint density at radius 1 is 1.42 bits per heavy atom. The van der Waals surface area contributed by atoms with E-state index >= 15 is 0 Å². The van der Waals surface area contributed by atoms with E-state index in [9.17, 15) is 5.11 Å². The molecule has 2 N–H and O–H groups in total. The number of fused-ring (bicyclic) bond motifs is 1. The van der Waals surface area contributed by atoms with Gasteiger partial charge in [-0.3, -0.25) is 0 Å². The Balaban J connectivity index is 2.98. The SMILES string of the molecule is Cc1c[nH]c2c(Br)ccc(O)c12. The normalized spacial score (nSPS) is 10.8. The zero-order chi connectivity index (χ0) is 8.72. The number of hydrogen-bond donors (Lipinski definition) is 2. The lowest BCUT2D eigenvalue weighted by Gasteiger charge is -1.97. The third-order valence-electron chi connectivity index (χ3n) is 1.96. The minimum absolute atomic E-state index is 0.326. The molecular weight excluding hydrogens is 218 g/mol. The number of aromatic nitrogens is 1. The van der Waals surface area contributed by atoms with Crippen LogP contribution in [0.2, 0.25) is 0 Å². The molecule has 0 saturated carbocycles. The average Bonchev–Trinajstić information content (AvgIpc) is 2.42. The zero-order valence-electron chi connectivity index (χ0n) is 6.56. The van der Waals surface area contributed by atoms with Crippen molar-refractivity contribution in [3.05, 3.63) is 28.4 Å². The second-order valence-electron chi connectivity index (χ2n) is 2.79. The van der Waals surface area contributed by atoms with Crippen molar-refractivity contribution < 1.29 is 5.11 Å². The van der Waals surface area contributed by atoms with Crippen LogP contribution in [0.5, 0.6) is 5.75 Å². The second kappa shape index (κ2) is 2.52. The Morgan fingerprint density at radius 3 is 2.83 bits per heavy atom. The van der Waals surface area contributed by atoms with E-state index in [-0.39, 0.29) is 0 Å². The van der Waals surface area contributed by atoms with Gasteiger partial charge in [0, 0.05) is 16.1 Å². The number of halogens is 1. The van der Waals surface area contributed by atoms with Crippen LogP contribution in [0.3, 0.4) is 0 Å². The number of aryl methyl sites for hydroxylation is 1. The quantitative estimate of drug-likeness (QED) is 0.711. The first-order valence-corrected chi connectivity index (χ1v) is 4.44. The molecule has 0 aliphatic heterocycles. The van der Waals surface area contributed by atoms with Crippen molar-refractivity contribution in [1.29, 1.82) is 0 Å². The number of benzene rings is 1. The summed E-state index contributed by atoms with van der Waals surface area (Å²) in [6.07, 6.45) is 1.88. The van der Waals surface area contributed by atoms with Crippen molar-refractivity contribution in [3.63, 3.8) is 0 Å². The summed E-state index contributed by atoms with van der Waals surface area (Å²) < 4.78 is 0.975. The van der Waals surface area contributed by atoms with E-state index in [1.807, 2.05) is 19.2 Å². The number of aromatic amines is 1. The molecule has 0 spiro atoms. The van der Waals surface area contributed by atoms with Gasteiger partial charge in [-0.25, -0.2) is 0 Å². The fraction of sp³-hybridized carbons (Fsp3) is 0.111. The van der Waals surface area contributed by atoms with E-state index in [2.05, 4.69) is 20.9 Å². The topological polar surface area (TPSA) is 36.0 Å². The average molecular weight is 226 g/mol. The predicted molar refractivity (Wildman–Crippen MR) is 52.4 cm³/mol. The molecular formula is C9H8BrNO. The highest BCUT2D eigenvalue weighted by atomic mass is 79.9. The lowest BCUT2D eigenvalue weighted by Crippen LogP contribution is -1.73. The van der Waals surface area contributed by atoms with E-state index in [4.69, 9.17) is 0 Å². The van der Waals surface area contributed by atoms with Crippen LogP contribution in [-0.4, -0.2) is 10.1 Å². The molecule has 0 fully saturated rings. The largest absolute Gasteiger partial charge is 0.507 e. The molecule has 62 valence electrons. The summed E-state index contributed by atoms with van der Waals surface area (Å²) in [5.41, 5.74) is 2.01. The van der Waals surface area contributed by atoms with E-state index in [1.165, 1.54) is 0 Å². The second-order valence-corrected chi connectivity index (χ2v) is 3.64. The van der Waals surface area contributed by atoms with Gasteiger partial charge in [0.15, 0.2) is 0 Å². The maximum atomic E-state index is 9.52. The molecule has 0 aliphatic carbocycles. The summed E-state index contributed by atoms with van der Waals surface area (Å²) in [6.45, 7) is 1.96. The third-order valence-corrected chi connectivity index (χ3v) is 2.62. The maximum Gasteiger partial charge on any atom is 0.125 e. The van der Waals surface area contributed by atoms with Crippen LogP contribution < -0.4 is 0 Å². The van der Waals surface area contributed by atoms with Gasteiger partial charge in [-0.1, -0.05) is 0 Å². The predicted octanol–water partition coefficient (Wildman–Crippen LogP) is 2.94. The van der Waals surface area contributed by atoms with Crippen LogP contribution in [0.15, 0.2) is 22.8 Å². The summed E-state index contributed by atoms with van der Waals surface area (Å²) in [5.74, 6) is 0.326. The van der Waals surface area contributed by atoms with Crippen molar-refractivity contribution in [1.82, 2.24) is 4.98 Å². The van der Waals surface area contributed by atoms with Gasteiger partial charge in [0.1, 0.15) is 5.75 Å². The molecule has 0 saturated heterocycles. The minimum Gasteiger partial charge on any atom is -0.507 e. The molecule has 1 aromatic carbocycles. The molecule has 1 aromatic heterocycles. The standard InChI is InChI=1S/C9H8BrNO/c1-5-4-11-9-6(10)2-3-7(12)8(5)9/h2-4,11-12H,1H3. The van der Waals surface area contributed by atoms with Gasteiger partial charge in [-0.05, 0) is 40.5 Å². The first-order chi connectivity index (χ1) is 5.70. The Labute approximate surface area is 78.3 Å². The van der Waals surface area contributed by atoms with Crippen molar-refractivity contribution in [2.75, 3.05) is 0 Å². The number of H-pyrrole nitrogens is 1. The zero-order valence-corrected chi connectivity index (χ0v) is 8.14. The summed E-state index contributed by atoms with van der Waals surface area (Å²) in [6, 6.07) is 3.51. The first-order valence-electron chi connectivity index (χ1n) is 3.65. The van der Waals surface area contributed by atoms with Crippen LogP contribution in [-0.2, 0) is 0 Å². The molecule has 2 aromatic rings. The highest BCUT2D eigenvalue weighted by Crippen LogP contribution is 2.32. The number of aromatic hydroxyl groups is 1. The fourth-order valence-corrected chi connectivity index (χ4v) is 1.80. The molecule has 0 unspecified atom stereocenters. The molecule has 1 heterocycles. The van der Waals surface area contributed by atoms with Gasteiger partial charge < -0.3 is 10.1 Å². The van der Waals surface area contributed by atoms with Gasteiger partial charge in [0.2, 0.25) is 0 Å². The summed E-state index contributed by atoms with van der Waals surface area (Å²) in [4.78, 5) is 3.09. The number of phenolic OH excluding ortho intramolecular Hbond substituents is 1. The summed E-state index contributed by atoms with van der Waals surface area (Å²) >= 11 is 3.40. The van der Waals surface area contributed by atoms with E-state index in [1.54, 1.807) is 6.07 Å². The fourth-order valence-electron chi connectivity index (χ4n) is 1.36. The number of hydrogen-bond acceptors (Lipinski definition) is 1. The Hall–Kier alpha value is -0.960. The van der Waals surface area contributed by atoms with E-state index < -0.39 is 0 Å². The van der Waals surface area contributed by atoms with Crippen LogP contribution in [0.4, 0.5) is 0 Å². The van der Waals surface area contributed by atoms with Gasteiger partial charge in [-0.15, -0.1) is 0 Å². The first kappa shape index (κ1) is 7.68. The highest BCUT2D eigenvalue weighted by molar-refractivity contribution is 9.10. The molecule has 0 amide bonds.